The summed E-state index contributed by atoms with van der Waals surface area (Å²) in [4.78, 5) is 46.6. The Bertz CT molecular complexity index is 703. The Morgan fingerprint density at radius 3 is 1.96 bits per heavy atom. The van der Waals surface area contributed by atoms with E-state index in [0.717, 1.165) is 0 Å². The summed E-state index contributed by atoms with van der Waals surface area (Å²) in [5.74, 6) is -7.98. The zero-order valence-electron chi connectivity index (χ0n) is 13.1. The monoisotopic (exact) mass is 338 g/mol. The molecule has 0 spiro atoms. The lowest BCUT2D eigenvalue weighted by molar-refractivity contribution is -0.168. The average molecular weight is 338 g/mol. The molecular weight excluding hydrogens is 320 g/mol. The number of carbonyl (C=O) groups is 4. The quantitative estimate of drug-likeness (QED) is 0.598. The number of aliphatic carboxylic acids is 4. The minimum atomic E-state index is -1.86. The SMILES string of the molecule is CC1(C(=O)O)CC=C2C(=CCC(C(=O)O)C2C(=O)O)C1(C)C(=O)O. The summed E-state index contributed by atoms with van der Waals surface area (Å²) in [6, 6.07) is 0. The third kappa shape index (κ3) is 2.13. The molecule has 8 heteroatoms. The van der Waals surface area contributed by atoms with Crippen molar-refractivity contribution in [3.8, 4) is 0 Å². The Morgan fingerprint density at radius 1 is 0.958 bits per heavy atom. The number of carboxylic acid groups (broad SMARTS) is 4. The van der Waals surface area contributed by atoms with Gasteiger partial charge in [0.25, 0.3) is 0 Å². The molecule has 0 bridgehead atoms. The number of hydrogen-bond acceptors (Lipinski definition) is 4. The van der Waals surface area contributed by atoms with Crippen molar-refractivity contribution in [2.75, 3.05) is 0 Å². The van der Waals surface area contributed by atoms with Gasteiger partial charge in [0.15, 0.2) is 0 Å². The summed E-state index contributed by atoms with van der Waals surface area (Å²) in [5, 5.41) is 38.0. The molecule has 0 heterocycles. The number of hydrogen-bond donors (Lipinski definition) is 4. The molecular formula is C16H18O8. The fourth-order valence-electron chi connectivity index (χ4n) is 3.63. The highest BCUT2D eigenvalue weighted by molar-refractivity contribution is 5.93. The molecule has 0 radical (unpaired) electrons. The lowest BCUT2D eigenvalue weighted by Crippen LogP contribution is -2.54. The van der Waals surface area contributed by atoms with Gasteiger partial charge in [0.2, 0.25) is 0 Å². The zero-order valence-corrected chi connectivity index (χ0v) is 13.1. The molecule has 0 saturated heterocycles. The van der Waals surface area contributed by atoms with Crippen LogP contribution < -0.4 is 0 Å². The summed E-state index contributed by atoms with van der Waals surface area (Å²) < 4.78 is 0. The van der Waals surface area contributed by atoms with Crippen LogP contribution in [0.3, 0.4) is 0 Å². The van der Waals surface area contributed by atoms with E-state index in [-0.39, 0.29) is 24.0 Å². The van der Waals surface area contributed by atoms with Crippen molar-refractivity contribution < 1.29 is 39.6 Å². The van der Waals surface area contributed by atoms with Gasteiger partial charge in [-0.05, 0) is 37.8 Å². The van der Waals surface area contributed by atoms with E-state index >= 15 is 0 Å². The molecule has 130 valence electrons. The Hall–Kier alpha value is -2.64. The van der Waals surface area contributed by atoms with Crippen molar-refractivity contribution in [3.63, 3.8) is 0 Å². The predicted molar refractivity (Wildman–Crippen MR) is 79.1 cm³/mol. The smallest absolute Gasteiger partial charge is 0.315 e. The van der Waals surface area contributed by atoms with Crippen LogP contribution in [0.15, 0.2) is 23.3 Å². The number of rotatable bonds is 4. The van der Waals surface area contributed by atoms with E-state index < -0.39 is 46.5 Å². The molecule has 4 atom stereocenters. The fraction of sp³-hybridized carbons (Fsp3) is 0.500. The molecule has 4 unspecified atom stereocenters. The van der Waals surface area contributed by atoms with Crippen LogP contribution in [-0.4, -0.2) is 44.3 Å². The second kappa shape index (κ2) is 5.47. The number of carboxylic acids is 4. The van der Waals surface area contributed by atoms with Crippen LogP contribution in [0.1, 0.15) is 26.7 Å². The van der Waals surface area contributed by atoms with Crippen molar-refractivity contribution in [3.05, 3.63) is 23.3 Å². The van der Waals surface area contributed by atoms with Gasteiger partial charge in [-0.2, -0.15) is 0 Å². The van der Waals surface area contributed by atoms with Gasteiger partial charge in [-0.15, -0.1) is 0 Å². The highest BCUT2D eigenvalue weighted by atomic mass is 16.4. The van der Waals surface area contributed by atoms with Crippen molar-refractivity contribution in [2.24, 2.45) is 22.7 Å². The topological polar surface area (TPSA) is 149 Å². The van der Waals surface area contributed by atoms with Gasteiger partial charge in [0, 0.05) is 0 Å². The van der Waals surface area contributed by atoms with E-state index in [1.165, 1.54) is 26.0 Å². The highest BCUT2D eigenvalue weighted by Crippen LogP contribution is 2.57. The predicted octanol–water partition coefficient (Wildman–Crippen LogP) is 1.23. The molecule has 8 nitrogen and oxygen atoms in total. The van der Waals surface area contributed by atoms with Crippen LogP contribution in [0.2, 0.25) is 0 Å². The molecule has 0 amide bonds. The molecule has 0 fully saturated rings. The van der Waals surface area contributed by atoms with Crippen LogP contribution in [0.5, 0.6) is 0 Å². The standard InChI is InChI=1S/C16H18O8/c1-15(13(21)22)6-5-7-9(16(15,2)14(23)24)4-3-8(11(17)18)10(7)12(19)20/h4-5,8,10H,3,6H2,1-2H3,(H,17,18)(H,19,20)(H,21,22)(H,23,24). The van der Waals surface area contributed by atoms with Gasteiger partial charge in [0.1, 0.15) is 5.41 Å². The van der Waals surface area contributed by atoms with E-state index in [1.807, 2.05) is 0 Å². The van der Waals surface area contributed by atoms with E-state index in [9.17, 15) is 39.6 Å². The third-order valence-corrected chi connectivity index (χ3v) is 5.48. The molecule has 0 aromatic rings. The Kier molecular flexibility index (Phi) is 4.03. The van der Waals surface area contributed by atoms with Crippen molar-refractivity contribution in [2.45, 2.75) is 26.7 Å². The van der Waals surface area contributed by atoms with Crippen LogP contribution in [0.25, 0.3) is 0 Å². The molecule has 2 aliphatic carbocycles. The lowest BCUT2D eigenvalue weighted by atomic mass is 9.52. The van der Waals surface area contributed by atoms with Gasteiger partial charge in [-0.1, -0.05) is 12.2 Å². The maximum absolute atomic E-state index is 11.9. The minimum absolute atomic E-state index is 0.0797. The van der Waals surface area contributed by atoms with Gasteiger partial charge in [0.05, 0.1) is 17.3 Å². The summed E-state index contributed by atoms with van der Waals surface area (Å²) in [6.07, 6.45) is 2.35. The molecule has 2 rings (SSSR count). The maximum atomic E-state index is 11.9. The molecule has 24 heavy (non-hydrogen) atoms. The maximum Gasteiger partial charge on any atom is 0.315 e. The molecule has 0 aromatic heterocycles. The Morgan fingerprint density at radius 2 is 1.54 bits per heavy atom. The highest BCUT2D eigenvalue weighted by Gasteiger charge is 2.61. The first kappa shape index (κ1) is 17.7. The average Bonchev–Trinajstić information content (AvgIpc) is 2.49. The molecule has 0 aromatic carbocycles. The molecule has 0 saturated carbocycles. The number of allylic oxidation sites excluding steroid dienone is 2. The minimum Gasteiger partial charge on any atom is -0.481 e. The van der Waals surface area contributed by atoms with E-state index in [0.29, 0.717) is 0 Å². The summed E-state index contributed by atoms with van der Waals surface area (Å²) >= 11 is 0. The molecule has 4 N–H and O–H groups in total. The van der Waals surface area contributed by atoms with Crippen molar-refractivity contribution >= 4 is 23.9 Å². The summed E-state index contributed by atoms with van der Waals surface area (Å²) in [6.45, 7) is 2.55. The second-order valence-corrected chi connectivity index (χ2v) is 6.55. The molecule has 2 aliphatic rings. The summed E-state index contributed by atoms with van der Waals surface area (Å²) in [5.41, 5.74) is -3.37. The number of fused-ring (bicyclic) bond motifs is 1. The zero-order chi connectivity index (χ0) is 18.4. The Balaban J connectivity index is 2.72. The van der Waals surface area contributed by atoms with Gasteiger partial charge < -0.3 is 20.4 Å². The first-order valence-electron chi connectivity index (χ1n) is 7.32. The van der Waals surface area contributed by atoms with Crippen molar-refractivity contribution in [1.82, 2.24) is 0 Å². The normalized spacial score (nSPS) is 35.2. The van der Waals surface area contributed by atoms with Gasteiger partial charge in [-0.3, -0.25) is 19.2 Å². The van der Waals surface area contributed by atoms with E-state index in [2.05, 4.69) is 0 Å². The van der Waals surface area contributed by atoms with Gasteiger partial charge in [-0.25, -0.2) is 0 Å². The van der Waals surface area contributed by atoms with Crippen LogP contribution in [0, 0.1) is 22.7 Å². The third-order valence-electron chi connectivity index (χ3n) is 5.48. The van der Waals surface area contributed by atoms with Crippen LogP contribution in [-0.2, 0) is 19.2 Å². The second-order valence-electron chi connectivity index (χ2n) is 6.55. The van der Waals surface area contributed by atoms with Crippen molar-refractivity contribution in [1.29, 1.82) is 0 Å². The van der Waals surface area contributed by atoms with E-state index in [1.54, 1.807) is 0 Å². The largest absolute Gasteiger partial charge is 0.481 e. The van der Waals surface area contributed by atoms with E-state index in [4.69, 9.17) is 0 Å². The fourth-order valence-corrected chi connectivity index (χ4v) is 3.63. The van der Waals surface area contributed by atoms with Gasteiger partial charge >= 0.3 is 23.9 Å². The molecule has 0 aliphatic heterocycles. The summed E-state index contributed by atoms with van der Waals surface area (Å²) in [7, 11) is 0. The van der Waals surface area contributed by atoms with Crippen LogP contribution in [0.4, 0.5) is 0 Å². The first-order chi connectivity index (χ1) is 11.0. The van der Waals surface area contributed by atoms with Crippen LogP contribution >= 0.6 is 0 Å². The first-order valence-corrected chi connectivity index (χ1v) is 7.32. The Labute approximate surface area is 137 Å². The lowest BCUT2D eigenvalue weighted by Gasteiger charge is -2.48.